The van der Waals surface area contributed by atoms with Crippen LogP contribution in [0.1, 0.15) is 30.9 Å². The van der Waals surface area contributed by atoms with Crippen LogP contribution in [0.2, 0.25) is 0 Å². The summed E-state index contributed by atoms with van der Waals surface area (Å²) < 4.78 is 53.5. The Kier molecular flexibility index (Phi) is 5.36. The molecule has 0 unspecified atom stereocenters. The first-order chi connectivity index (χ1) is 10.8. The second kappa shape index (κ2) is 7.08. The van der Waals surface area contributed by atoms with Gasteiger partial charge < -0.3 is 0 Å². The molecule has 0 aliphatic carbocycles. The average molecular weight is 339 g/mol. The fourth-order valence-corrected chi connectivity index (χ4v) is 3.46. The van der Waals surface area contributed by atoms with E-state index in [4.69, 9.17) is 0 Å². The van der Waals surface area contributed by atoms with Crippen LogP contribution in [0, 0.1) is 18.6 Å². The quantitative estimate of drug-likeness (QED) is 0.847. The molecule has 23 heavy (non-hydrogen) atoms. The third-order valence-electron chi connectivity index (χ3n) is 3.54. The van der Waals surface area contributed by atoms with Crippen LogP contribution < -0.4 is 4.72 Å². The molecular weight excluding hydrogens is 320 g/mol. The van der Waals surface area contributed by atoms with E-state index in [9.17, 15) is 17.2 Å². The minimum Gasteiger partial charge on any atom is -0.279 e. The zero-order valence-corrected chi connectivity index (χ0v) is 13.9. The molecule has 2 aromatic carbocycles. The number of nitrogens with one attached hydrogen (secondary N) is 1. The lowest BCUT2D eigenvalue weighted by molar-refractivity contribution is 0.551. The van der Waals surface area contributed by atoms with Crippen LogP contribution in [0.3, 0.4) is 0 Å². The number of hydrogen-bond donors (Lipinski definition) is 1. The molecule has 6 heteroatoms. The molecular formula is C17H19F2NO2S. The van der Waals surface area contributed by atoms with Gasteiger partial charge in [-0.05, 0) is 49.1 Å². The Hall–Kier alpha value is -1.95. The summed E-state index contributed by atoms with van der Waals surface area (Å²) in [6.45, 7) is 3.89. The van der Waals surface area contributed by atoms with E-state index in [1.165, 1.54) is 0 Å². The molecule has 0 fully saturated rings. The molecule has 0 radical (unpaired) electrons. The minimum atomic E-state index is -4.10. The number of hydrogen-bond acceptors (Lipinski definition) is 2. The topological polar surface area (TPSA) is 46.2 Å². The Bertz CT molecular complexity index is 804. The minimum absolute atomic E-state index is 0.383. The van der Waals surface area contributed by atoms with Gasteiger partial charge in [0.25, 0.3) is 10.0 Å². The van der Waals surface area contributed by atoms with Crippen molar-refractivity contribution in [2.45, 2.75) is 38.0 Å². The van der Waals surface area contributed by atoms with Crippen molar-refractivity contribution in [2.24, 2.45) is 0 Å². The molecule has 0 heterocycles. The van der Waals surface area contributed by atoms with Gasteiger partial charge in [0.05, 0.1) is 5.69 Å². The maximum atomic E-state index is 13.7. The molecule has 2 rings (SSSR count). The van der Waals surface area contributed by atoms with Crippen molar-refractivity contribution in [3.05, 3.63) is 59.2 Å². The van der Waals surface area contributed by atoms with Crippen molar-refractivity contribution in [3.63, 3.8) is 0 Å². The zero-order valence-electron chi connectivity index (χ0n) is 13.1. The van der Waals surface area contributed by atoms with Crippen molar-refractivity contribution in [1.29, 1.82) is 0 Å². The molecule has 0 spiro atoms. The summed E-state index contributed by atoms with van der Waals surface area (Å²) in [5.41, 5.74) is 2.26. The van der Waals surface area contributed by atoms with Gasteiger partial charge in [0.1, 0.15) is 16.5 Å². The smallest absolute Gasteiger partial charge is 0.264 e. The first-order valence-electron chi connectivity index (χ1n) is 7.41. The maximum Gasteiger partial charge on any atom is 0.264 e. The third-order valence-corrected chi connectivity index (χ3v) is 4.94. The Labute approximate surface area is 135 Å². The predicted octanol–water partition coefficient (Wildman–Crippen LogP) is 4.42. The van der Waals surface area contributed by atoms with E-state index < -0.39 is 26.6 Å². The molecule has 0 aromatic heterocycles. The molecule has 0 aliphatic rings. The van der Waals surface area contributed by atoms with Crippen LogP contribution in [0.5, 0.6) is 0 Å². The fourth-order valence-electron chi connectivity index (χ4n) is 2.27. The molecule has 3 nitrogen and oxygen atoms in total. The van der Waals surface area contributed by atoms with Crippen LogP contribution in [-0.2, 0) is 16.4 Å². The van der Waals surface area contributed by atoms with E-state index in [0.717, 1.165) is 42.5 Å². The zero-order chi connectivity index (χ0) is 17.0. The molecule has 0 saturated carbocycles. The Morgan fingerprint density at radius 3 is 2.43 bits per heavy atom. The molecule has 124 valence electrons. The first-order valence-corrected chi connectivity index (χ1v) is 8.89. The van der Waals surface area contributed by atoms with Gasteiger partial charge in [-0.25, -0.2) is 17.2 Å². The summed E-state index contributed by atoms with van der Waals surface area (Å²) in [4.78, 5) is -0.576. The summed E-state index contributed by atoms with van der Waals surface area (Å²) in [5.74, 6) is -1.94. The van der Waals surface area contributed by atoms with Gasteiger partial charge in [-0.1, -0.05) is 25.5 Å². The first kappa shape index (κ1) is 17.4. The molecule has 0 atom stereocenters. The van der Waals surface area contributed by atoms with Crippen LogP contribution >= 0.6 is 0 Å². The lowest BCUT2D eigenvalue weighted by Gasteiger charge is -2.12. The average Bonchev–Trinajstić information content (AvgIpc) is 2.47. The van der Waals surface area contributed by atoms with Gasteiger partial charge in [-0.15, -0.1) is 0 Å². The third kappa shape index (κ3) is 4.28. The number of sulfonamides is 1. The standard InChI is InChI=1S/C17H19F2NO2S/c1-3-4-5-13-6-8-16(12(2)10-13)20-23(21,22)17-9-7-14(18)11-15(17)19/h6-11,20H,3-5H2,1-2H3. The lowest BCUT2D eigenvalue weighted by atomic mass is 10.1. The second-order valence-electron chi connectivity index (χ2n) is 5.43. The number of benzene rings is 2. The van der Waals surface area contributed by atoms with E-state index in [0.29, 0.717) is 11.8 Å². The molecule has 0 aliphatic heterocycles. The van der Waals surface area contributed by atoms with E-state index in [1.54, 1.807) is 13.0 Å². The van der Waals surface area contributed by atoms with Crippen molar-refractivity contribution in [1.82, 2.24) is 0 Å². The van der Waals surface area contributed by atoms with Crippen molar-refractivity contribution >= 4 is 15.7 Å². The van der Waals surface area contributed by atoms with Crippen molar-refractivity contribution in [2.75, 3.05) is 4.72 Å². The summed E-state index contributed by atoms with van der Waals surface area (Å²) in [6.07, 6.45) is 3.07. The Morgan fingerprint density at radius 1 is 1.09 bits per heavy atom. The van der Waals surface area contributed by atoms with E-state index in [2.05, 4.69) is 11.6 Å². The number of unbranched alkanes of at least 4 members (excludes halogenated alkanes) is 1. The number of aryl methyl sites for hydroxylation is 2. The van der Waals surface area contributed by atoms with Gasteiger partial charge in [0, 0.05) is 6.07 Å². The summed E-state index contributed by atoms with van der Waals surface area (Å²) in [7, 11) is -4.10. The summed E-state index contributed by atoms with van der Waals surface area (Å²) in [5, 5.41) is 0. The van der Waals surface area contributed by atoms with Gasteiger partial charge >= 0.3 is 0 Å². The lowest BCUT2D eigenvalue weighted by Crippen LogP contribution is -2.15. The highest BCUT2D eigenvalue weighted by molar-refractivity contribution is 7.92. The van der Waals surface area contributed by atoms with E-state index >= 15 is 0 Å². The van der Waals surface area contributed by atoms with Crippen LogP contribution in [0.15, 0.2) is 41.3 Å². The molecule has 1 N–H and O–H groups in total. The summed E-state index contributed by atoms with van der Waals surface area (Å²) in [6, 6.07) is 7.81. The van der Waals surface area contributed by atoms with Gasteiger partial charge in [0.15, 0.2) is 0 Å². The monoisotopic (exact) mass is 339 g/mol. The predicted molar refractivity (Wildman–Crippen MR) is 87.0 cm³/mol. The number of rotatable bonds is 6. The molecule has 0 amide bonds. The van der Waals surface area contributed by atoms with Crippen LogP contribution in [-0.4, -0.2) is 8.42 Å². The number of anilines is 1. The highest BCUT2D eigenvalue weighted by Crippen LogP contribution is 2.23. The van der Waals surface area contributed by atoms with Gasteiger partial charge in [-0.3, -0.25) is 4.72 Å². The Morgan fingerprint density at radius 2 is 1.83 bits per heavy atom. The largest absolute Gasteiger partial charge is 0.279 e. The van der Waals surface area contributed by atoms with Crippen LogP contribution in [0.4, 0.5) is 14.5 Å². The summed E-state index contributed by atoms with van der Waals surface area (Å²) >= 11 is 0. The molecule has 0 saturated heterocycles. The highest BCUT2D eigenvalue weighted by Gasteiger charge is 2.20. The normalized spacial score (nSPS) is 11.5. The van der Waals surface area contributed by atoms with Crippen molar-refractivity contribution < 1.29 is 17.2 Å². The fraction of sp³-hybridized carbons (Fsp3) is 0.294. The second-order valence-corrected chi connectivity index (χ2v) is 7.08. The maximum absolute atomic E-state index is 13.7. The Balaban J connectivity index is 2.27. The highest BCUT2D eigenvalue weighted by atomic mass is 32.2. The van der Waals surface area contributed by atoms with Gasteiger partial charge in [0.2, 0.25) is 0 Å². The SMILES string of the molecule is CCCCc1ccc(NS(=O)(=O)c2ccc(F)cc2F)c(C)c1. The van der Waals surface area contributed by atoms with E-state index in [-0.39, 0.29) is 0 Å². The van der Waals surface area contributed by atoms with Crippen molar-refractivity contribution in [3.8, 4) is 0 Å². The number of halogens is 2. The van der Waals surface area contributed by atoms with Crippen LogP contribution in [0.25, 0.3) is 0 Å². The van der Waals surface area contributed by atoms with Gasteiger partial charge in [-0.2, -0.15) is 0 Å². The molecule has 2 aromatic rings. The van der Waals surface area contributed by atoms with E-state index in [1.807, 2.05) is 12.1 Å². The molecule has 0 bridgehead atoms.